The summed E-state index contributed by atoms with van der Waals surface area (Å²) in [6.45, 7) is 3.05. The molecule has 1 aliphatic heterocycles. The van der Waals surface area contributed by atoms with E-state index in [1.54, 1.807) is 0 Å². The van der Waals surface area contributed by atoms with E-state index in [9.17, 15) is 0 Å². The van der Waals surface area contributed by atoms with Crippen LogP contribution < -0.4 is 5.32 Å². The van der Waals surface area contributed by atoms with E-state index in [-0.39, 0.29) is 5.60 Å². The Morgan fingerprint density at radius 1 is 0.923 bits per heavy atom. The van der Waals surface area contributed by atoms with Crippen molar-refractivity contribution < 1.29 is 4.74 Å². The van der Waals surface area contributed by atoms with Gasteiger partial charge < -0.3 is 10.1 Å². The molecule has 13 heavy (non-hydrogen) atoms. The number of ether oxygens (including phenoxy) is 1. The molecule has 0 unspecified atom stereocenters. The van der Waals surface area contributed by atoms with Gasteiger partial charge in [-0.15, -0.1) is 0 Å². The zero-order chi connectivity index (χ0) is 8.99. The third-order valence-corrected chi connectivity index (χ3v) is 3.40. The molecule has 2 nitrogen and oxygen atoms in total. The third-order valence-electron chi connectivity index (χ3n) is 3.40. The lowest BCUT2D eigenvalue weighted by molar-refractivity contribution is -0.0810. The van der Waals surface area contributed by atoms with Gasteiger partial charge in [0.05, 0.1) is 12.2 Å². The third kappa shape index (κ3) is 2.44. The van der Waals surface area contributed by atoms with Crippen molar-refractivity contribution in [1.82, 2.24) is 5.32 Å². The average molecular weight is 183 g/mol. The molecular formula is C11H21NO. The maximum Gasteiger partial charge on any atom is 0.0806 e. The second-order valence-corrected chi connectivity index (χ2v) is 4.48. The molecule has 1 heterocycles. The molecule has 1 saturated carbocycles. The van der Waals surface area contributed by atoms with Crippen LogP contribution in [0.1, 0.15) is 44.9 Å². The van der Waals surface area contributed by atoms with Gasteiger partial charge in [0.15, 0.2) is 0 Å². The first kappa shape index (κ1) is 9.47. The Bertz CT molecular complexity index is 142. The van der Waals surface area contributed by atoms with E-state index in [4.69, 9.17) is 4.74 Å². The van der Waals surface area contributed by atoms with E-state index in [0.29, 0.717) is 0 Å². The molecule has 1 aliphatic carbocycles. The van der Waals surface area contributed by atoms with E-state index < -0.39 is 0 Å². The average Bonchev–Trinajstić information content (AvgIpc) is 2.14. The summed E-state index contributed by atoms with van der Waals surface area (Å²) in [5.74, 6) is 0. The molecule has 2 fully saturated rings. The highest BCUT2D eigenvalue weighted by atomic mass is 16.5. The summed E-state index contributed by atoms with van der Waals surface area (Å²) in [5.41, 5.74) is 0.221. The van der Waals surface area contributed by atoms with Gasteiger partial charge in [-0.2, -0.15) is 0 Å². The van der Waals surface area contributed by atoms with Gasteiger partial charge in [0.2, 0.25) is 0 Å². The predicted octanol–water partition coefficient (Wildman–Crippen LogP) is 2.09. The van der Waals surface area contributed by atoms with Crippen LogP contribution in [0.3, 0.4) is 0 Å². The van der Waals surface area contributed by atoms with Crippen LogP contribution in [0, 0.1) is 0 Å². The molecule has 0 atom stereocenters. The highest BCUT2D eigenvalue weighted by molar-refractivity contribution is 4.87. The minimum Gasteiger partial charge on any atom is -0.372 e. The Balaban J connectivity index is 1.91. The minimum atomic E-state index is 0.221. The van der Waals surface area contributed by atoms with Crippen molar-refractivity contribution in [2.24, 2.45) is 0 Å². The van der Waals surface area contributed by atoms with Crippen LogP contribution in [-0.2, 0) is 4.74 Å². The molecule has 0 bridgehead atoms. The van der Waals surface area contributed by atoms with Gasteiger partial charge in [-0.3, -0.25) is 0 Å². The summed E-state index contributed by atoms with van der Waals surface area (Å²) in [7, 11) is 0. The zero-order valence-corrected chi connectivity index (χ0v) is 8.48. The van der Waals surface area contributed by atoms with E-state index in [0.717, 1.165) is 19.7 Å². The summed E-state index contributed by atoms with van der Waals surface area (Å²) < 4.78 is 5.98. The highest BCUT2D eigenvalue weighted by Crippen LogP contribution is 2.30. The standard InChI is InChI=1S/C11H21NO/c1-2-4-6-11(7-5-3-1)10-12-8-9-13-11/h12H,1-10H2. The number of hydrogen-bond donors (Lipinski definition) is 1. The quantitative estimate of drug-likeness (QED) is 0.621. The summed E-state index contributed by atoms with van der Waals surface area (Å²) in [5, 5.41) is 3.47. The van der Waals surface area contributed by atoms with Gasteiger partial charge in [-0.25, -0.2) is 0 Å². The number of hydrogen-bond acceptors (Lipinski definition) is 2. The molecule has 0 aromatic rings. The highest BCUT2D eigenvalue weighted by Gasteiger charge is 2.32. The van der Waals surface area contributed by atoms with Crippen molar-refractivity contribution in [1.29, 1.82) is 0 Å². The maximum atomic E-state index is 5.98. The summed E-state index contributed by atoms with van der Waals surface area (Å²) in [4.78, 5) is 0. The molecule has 0 amide bonds. The van der Waals surface area contributed by atoms with E-state index in [1.807, 2.05) is 0 Å². The van der Waals surface area contributed by atoms with Gasteiger partial charge in [0.25, 0.3) is 0 Å². The second-order valence-electron chi connectivity index (χ2n) is 4.48. The fourth-order valence-electron chi connectivity index (χ4n) is 2.58. The Kier molecular flexibility index (Phi) is 3.23. The maximum absolute atomic E-state index is 5.98. The topological polar surface area (TPSA) is 21.3 Å². The Morgan fingerprint density at radius 3 is 2.23 bits per heavy atom. The summed E-state index contributed by atoms with van der Waals surface area (Å²) >= 11 is 0. The first-order valence-corrected chi connectivity index (χ1v) is 5.76. The van der Waals surface area contributed by atoms with Crippen LogP contribution in [0.15, 0.2) is 0 Å². The van der Waals surface area contributed by atoms with Gasteiger partial charge in [-0.05, 0) is 12.8 Å². The molecule has 0 aromatic heterocycles. The number of rotatable bonds is 0. The second kappa shape index (κ2) is 4.43. The predicted molar refractivity (Wildman–Crippen MR) is 53.9 cm³/mol. The largest absolute Gasteiger partial charge is 0.372 e. The zero-order valence-electron chi connectivity index (χ0n) is 8.48. The normalized spacial score (nSPS) is 29.5. The molecule has 2 rings (SSSR count). The van der Waals surface area contributed by atoms with Crippen LogP contribution in [0.25, 0.3) is 0 Å². The van der Waals surface area contributed by atoms with Crippen LogP contribution in [0.4, 0.5) is 0 Å². The molecule has 2 aliphatic rings. The molecule has 1 spiro atoms. The minimum absolute atomic E-state index is 0.221. The number of morpholine rings is 1. The van der Waals surface area contributed by atoms with Crippen molar-refractivity contribution in [3.05, 3.63) is 0 Å². The molecule has 0 radical (unpaired) electrons. The SMILES string of the molecule is C1CCCC2(CCC1)CNCCO2. The van der Waals surface area contributed by atoms with Crippen molar-refractivity contribution >= 4 is 0 Å². The molecule has 1 N–H and O–H groups in total. The van der Waals surface area contributed by atoms with E-state index in [2.05, 4.69) is 5.32 Å². The van der Waals surface area contributed by atoms with Gasteiger partial charge in [0, 0.05) is 13.1 Å². The fourth-order valence-corrected chi connectivity index (χ4v) is 2.58. The lowest BCUT2D eigenvalue weighted by Gasteiger charge is -2.39. The molecule has 0 aromatic carbocycles. The summed E-state index contributed by atoms with van der Waals surface area (Å²) in [6.07, 6.45) is 9.53. The Morgan fingerprint density at radius 2 is 1.62 bits per heavy atom. The lowest BCUT2D eigenvalue weighted by Crippen LogP contribution is -2.49. The van der Waals surface area contributed by atoms with Gasteiger partial charge >= 0.3 is 0 Å². The summed E-state index contributed by atoms with van der Waals surface area (Å²) in [6, 6.07) is 0. The van der Waals surface area contributed by atoms with Crippen molar-refractivity contribution in [3.8, 4) is 0 Å². The molecule has 1 saturated heterocycles. The van der Waals surface area contributed by atoms with Gasteiger partial charge in [0.1, 0.15) is 0 Å². The van der Waals surface area contributed by atoms with Crippen LogP contribution >= 0.6 is 0 Å². The Labute approximate surface area is 81.0 Å². The number of nitrogens with one attached hydrogen (secondary N) is 1. The van der Waals surface area contributed by atoms with Crippen molar-refractivity contribution in [3.63, 3.8) is 0 Å². The van der Waals surface area contributed by atoms with Gasteiger partial charge in [-0.1, -0.05) is 32.1 Å². The van der Waals surface area contributed by atoms with Crippen LogP contribution in [0.2, 0.25) is 0 Å². The van der Waals surface area contributed by atoms with Crippen molar-refractivity contribution in [2.45, 2.75) is 50.5 Å². The van der Waals surface area contributed by atoms with E-state index in [1.165, 1.54) is 44.9 Å². The fraction of sp³-hybridized carbons (Fsp3) is 1.00. The van der Waals surface area contributed by atoms with E-state index >= 15 is 0 Å². The molecule has 2 heteroatoms. The van der Waals surface area contributed by atoms with Crippen molar-refractivity contribution in [2.75, 3.05) is 19.7 Å². The monoisotopic (exact) mass is 183 g/mol. The van der Waals surface area contributed by atoms with Crippen LogP contribution in [-0.4, -0.2) is 25.3 Å². The Hall–Kier alpha value is -0.0800. The molecular weight excluding hydrogens is 162 g/mol. The smallest absolute Gasteiger partial charge is 0.0806 e. The first-order valence-electron chi connectivity index (χ1n) is 5.76. The van der Waals surface area contributed by atoms with Crippen LogP contribution in [0.5, 0.6) is 0 Å². The molecule has 76 valence electrons. The first-order chi connectivity index (χ1) is 6.41. The lowest BCUT2D eigenvalue weighted by atomic mass is 9.86.